The molecule has 0 unspecified atom stereocenters. The summed E-state index contributed by atoms with van der Waals surface area (Å²) in [7, 11) is -13.4. The number of aryl methyl sites for hydroxylation is 1. The fraction of sp³-hybridized carbons (Fsp3) is 0.500. The lowest BCUT2D eigenvalue weighted by molar-refractivity contribution is -0.596. The SMILES string of the molecule is CCCCCCn1c[n+](-c2ccccc2)cn1.O=S(=O)([N-]S(=O)(=O)C(F)(F)F)C(F)(F)F. The van der Waals surface area contributed by atoms with Crippen LogP contribution in [0.25, 0.3) is 9.81 Å². The van der Waals surface area contributed by atoms with E-state index in [2.05, 4.69) is 35.0 Å². The fourth-order valence-electron chi connectivity index (χ4n) is 2.09. The first-order chi connectivity index (χ1) is 14.6. The van der Waals surface area contributed by atoms with Crippen LogP contribution >= 0.6 is 0 Å². The molecule has 8 nitrogen and oxygen atoms in total. The standard InChI is InChI=1S/C14H20N3.C2F6NO4S2/c1-2-3-4-8-11-17-13-16(12-15-17)14-9-6-5-7-10-14;3-1(4,5)14(10,11)9-15(12,13)2(6,7)8/h5-7,9-10,12-13H,2-4,8,11H2,1H3;/q+1;-1. The number of rotatable bonds is 8. The van der Waals surface area contributed by atoms with E-state index in [1.165, 1.54) is 25.7 Å². The molecule has 32 heavy (non-hydrogen) atoms. The van der Waals surface area contributed by atoms with Crippen LogP contribution in [0.5, 0.6) is 0 Å². The van der Waals surface area contributed by atoms with Gasteiger partial charge in [0, 0.05) is 5.10 Å². The van der Waals surface area contributed by atoms with Crippen molar-refractivity contribution >= 4 is 20.0 Å². The van der Waals surface area contributed by atoms with E-state index < -0.39 is 31.1 Å². The molecule has 0 atom stereocenters. The smallest absolute Gasteiger partial charge is 0.421 e. The van der Waals surface area contributed by atoms with Crippen LogP contribution in [0, 0.1) is 0 Å². The molecule has 182 valence electrons. The second-order valence-corrected chi connectivity index (χ2v) is 9.65. The minimum atomic E-state index is -6.72. The van der Waals surface area contributed by atoms with Gasteiger partial charge >= 0.3 is 11.0 Å². The molecule has 0 bridgehead atoms. The van der Waals surface area contributed by atoms with Crippen LogP contribution < -0.4 is 4.57 Å². The molecule has 1 heterocycles. The Kier molecular flexibility index (Phi) is 9.65. The Balaban J connectivity index is 0.000000324. The van der Waals surface area contributed by atoms with Crippen molar-refractivity contribution in [3.63, 3.8) is 0 Å². The van der Waals surface area contributed by atoms with Gasteiger partial charge in [-0.3, -0.25) is 0 Å². The van der Waals surface area contributed by atoms with Gasteiger partial charge in [0.15, 0.2) is 20.0 Å². The second kappa shape index (κ2) is 11.1. The Morgan fingerprint density at radius 3 is 1.91 bits per heavy atom. The quantitative estimate of drug-likeness (QED) is 0.305. The second-order valence-electron chi connectivity index (χ2n) is 6.23. The van der Waals surface area contributed by atoms with Crippen molar-refractivity contribution in [3.8, 4) is 5.69 Å². The lowest BCUT2D eigenvalue weighted by Crippen LogP contribution is -2.30. The Labute approximate surface area is 181 Å². The maximum Gasteiger partial charge on any atom is 0.480 e. The van der Waals surface area contributed by atoms with Gasteiger partial charge in [-0.15, -0.1) is 4.68 Å². The third-order valence-corrected chi connectivity index (χ3v) is 6.40. The number of sulfonamides is 2. The number of para-hydroxylation sites is 1. The summed E-state index contributed by atoms with van der Waals surface area (Å²) in [6.45, 7) is 3.25. The van der Waals surface area contributed by atoms with Crippen molar-refractivity contribution < 1.29 is 47.7 Å². The molecule has 0 aliphatic rings. The van der Waals surface area contributed by atoms with Gasteiger partial charge < -0.3 is 4.13 Å². The van der Waals surface area contributed by atoms with Crippen molar-refractivity contribution in [2.45, 2.75) is 50.2 Å². The van der Waals surface area contributed by atoms with Gasteiger partial charge in [0.2, 0.25) is 6.33 Å². The summed E-state index contributed by atoms with van der Waals surface area (Å²) in [4.78, 5) is 0. The molecule has 0 radical (unpaired) electrons. The van der Waals surface area contributed by atoms with E-state index in [1.807, 2.05) is 29.2 Å². The molecule has 16 heteroatoms. The number of nitrogens with zero attached hydrogens (tertiary/aromatic N) is 4. The van der Waals surface area contributed by atoms with Crippen LogP contribution in [0.4, 0.5) is 26.3 Å². The number of alkyl halides is 6. The van der Waals surface area contributed by atoms with Gasteiger partial charge in [0.05, 0.1) is 0 Å². The highest BCUT2D eigenvalue weighted by molar-refractivity contribution is 8.13. The zero-order valence-corrected chi connectivity index (χ0v) is 18.2. The van der Waals surface area contributed by atoms with Gasteiger partial charge in [0.1, 0.15) is 12.2 Å². The van der Waals surface area contributed by atoms with E-state index >= 15 is 0 Å². The van der Waals surface area contributed by atoms with Gasteiger partial charge in [-0.1, -0.05) is 44.4 Å². The summed E-state index contributed by atoms with van der Waals surface area (Å²) < 4.78 is 113. The van der Waals surface area contributed by atoms with E-state index in [1.54, 1.807) is 0 Å². The monoisotopic (exact) mass is 510 g/mol. The normalized spacial score (nSPS) is 12.8. The summed E-state index contributed by atoms with van der Waals surface area (Å²) in [6, 6.07) is 10.3. The minimum Gasteiger partial charge on any atom is -0.421 e. The first-order valence-electron chi connectivity index (χ1n) is 8.96. The third kappa shape index (κ3) is 8.38. The molecule has 0 saturated carbocycles. The maximum absolute atomic E-state index is 11.4. The van der Waals surface area contributed by atoms with E-state index in [0.717, 1.165) is 16.4 Å². The van der Waals surface area contributed by atoms with Crippen molar-refractivity contribution in [3.05, 3.63) is 47.1 Å². The van der Waals surface area contributed by atoms with Gasteiger partial charge in [0.25, 0.3) is 6.33 Å². The predicted molar refractivity (Wildman–Crippen MR) is 101 cm³/mol. The number of aromatic nitrogens is 3. The molecule has 0 N–H and O–H groups in total. The molecule has 2 aromatic rings. The van der Waals surface area contributed by atoms with Crippen molar-refractivity contribution in [2.24, 2.45) is 0 Å². The zero-order chi connectivity index (χ0) is 24.6. The molecular weight excluding hydrogens is 490 g/mol. The Morgan fingerprint density at radius 1 is 0.906 bits per heavy atom. The van der Waals surface area contributed by atoms with Gasteiger partial charge in [-0.05, 0) is 18.6 Å². The van der Waals surface area contributed by atoms with Crippen LogP contribution in [0.2, 0.25) is 0 Å². The molecule has 0 saturated heterocycles. The summed E-state index contributed by atoms with van der Waals surface area (Å²) in [5, 5.41) is 4.37. The summed E-state index contributed by atoms with van der Waals surface area (Å²) in [5.74, 6) is 0. The highest BCUT2D eigenvalue weighted by Crippen LogP contribution is 2.36. The Hall–Kier alpha value is -2.20. The average Bonchev–Trinajstić information content (AvgIpc) is 3.13. The number of halogens is 6. The van der Waals surface area contributed by atoms with Crippen LogP contribution in [0.15, 0.2) is 43.0 Å². The molecule has 2 rings (SSSR count). The zero-order valence-electron chi connectivity index (χ0n) is 16.6. The lowest BCUT2D eigenvalue weighted by Gasteiger charge is -2.22. The third-order valence-electron chi connectivity index (χ3n) is 3.66. The molecular formula is C16H20F6N4O4S2. The van der Waals surface area contributed by atoms with E-state index in [-0.39, 0.29) is 0 Å². The average molecular weight is 510 g/mol. The van der Waals surface area contributed by atoms with Gasteiger partial charge in [-0.25, -0.2) is 21.4 Å². The highest BCUT2D eigenvalue weighted by atomic mass is 32.3. The van der Waals surface area contributed by atoms with E-state index in [4.69, 9.17) is 0 Å². The van der Waals surface area contributed by atoms with Crippen LogP contribution in [0.3, 0.4) is 0 Å². The van der Waals surface area contributed by atoms with E-state index in [9.17, 15) is 43.2 Å². The number of hydrogen-bond donors (Lipinski definition) is 0. The Bertz CT molecular complexity index is 1010. The fourth-order valence-corrected chi connectivity index (χ4v) is 3.80. The number of hydrogen-bond acceptors (Lipinski definition) is 5. The molecule has 0 amide bonds. The lowest BCUT2D eigenvalue weighted by atomic mass is 10.2. The number of unbranched alkanes of at least 4 members (excludes halogenated alkanes) is 3. The molecule has 1 aromatic carbocycles. The highest BCUT2D eigenvalue weighted by Gasteiger charge is 2.46. The molecule has 0 aliphatic carbocycles. The molecule has 0 aliphatic heterocycles. The first kappa shape index (κ1) is 27.8. The van der Waals surface area contributed by atoms with Crippen LogP contribution in [-0.2, 0) is 26.6 Å². The van der Waals surface area contributed by atoms with Crippen molar-refractivity contribution in [1.29, 1.82) is 0 Å². The maximum atomic E-state index is 11.4. The minimum absolute atomic E-state index is 0.778. The van der Waals surface area contributed by atoms with Crippen molar-refractivity contribution in [2.75, 3.05) is 0 Å². The first-order valence-corrected chi connectivity index (χ1v) is 11.8. The summed E-state index contributed by atoms with van der Waals surface area (Å²) >= 11 is 0. The predicted octanol–water partition coefficient (Wildman–Crippen LogP) is 3.80. The summed E-state index contributed by atoms with van der Waals surface area (Å²) in [5.41, 5.74) is -11.2. The molecule has 1 aromatic heterocycles. The van der Waals surface area contributed by atoms with Crippen LogP contribution in [0.1, 0.15) is 32.6 Å². The van der Waals surface area contributed by atoms with E-state index in [0.29, 0.717) is 0 Å². The summed E-state index contributed by atoms with van der Waals surface area (Å²) in [6.07, 6.45) is 9.03. The molecule has 0 spiro atoms. The topological polar surface area (TPSA) is 104 Å². The Morgan fingerprint density at radius 2 is 1.44 bits per heavy atom. The number of benzene rings is 1. The van der Waals surface area contributed by atoms with Gasteiger partial charge in [-0.2, -0.15) is 26.3 Å². The van der Waals surface area contributed by atoms with Crippen molar-refractivity contribution in [1.82, 2.24) is 9.78 Å². The molecule has 0 fully saturated rings. The largest absolute Gasteiger partial charge is 0.480 e. The van der Waals surface area contributed by atoms with Crippen LogP contribution in [-0.4, -0.2) is 37.6 Å².